The lowest BCUT2D eigenvalue weighted by Crippen LogP contribution is -2.30. The molecule has 0 saturated heterocycles. The average Bonchev–Trinajstić information content (AvgIpc) is 2.31. The fraction of sp³-hybridized carbons (Fsp3) is 0.364. The van der Waals surface area contributed by atoms with Crippen molar-refractivity contribution in [2.45, 2.75) is 19.9 Å². The SMILES string of the molecule is CCOC(=O)C(C)Nc1ncc(N)cc1C(N)=O. The molecule has 1 amide bonds. The summed E-state index contributed by atoms with van der Waals surface area (Å²) in [5.41, 5.74) is 11.2. The van der Waals surface area contributed by atoms with E-state index in [4.69, 9.17) is 16.2 Å². The third-order valence-corrected chi connectivity index (χ3v) is 2.17. The fourth-order valence-electron chi connectivity index (χ4n) is 1.32. The molecule has 0 aliphatic rings. The predicted octanol–water partition coefficient (Wildman–Crippen LogP) is 0.126. The normalized spacial score (nSPS) is 11.7. The van der Waals surface area contributed by atoms with E-state index in [9.17, 15) is 9.59 Å². The molecule has 5 N–H and O–H groups in total. The van der Waals surface area contributed by atoms with E-state index in [0.29, 0.717) is 5.69 Å². The number of pyridine rings is 1. The van der Waals surface area contributed by atoms with Gasteiger partial charge in [-0.1, -0.05) is 0 Å². The Morgan fingerprint density at radius 3 is 2.78 bits per heavy atom. The highest BCUT2D eigenvalue weighted by Crippen LogP contribution is 2.16. The lowest BCUT2D eigenvalue weighted by atomic mass is 10.2. The number of hydrogen-bond donors (Lipinski definition) is 3. The van der Waals surface area contributed by atoms with Crippen LogP contribution in [-0.2, 0) is 9.53 Å². The van der Waals surface area contributed by atoms with Gasteiger partial charge in [0.15, 0.2) is 0 Å². The van der Waals surface area contributed by atoms with E-state index in [0.717, 1.165) is 0 Å². The van der Waals surface area contributed by atoms with Crippen molar-refractivity contribution in [3.63, 3.8) is 0 Å². The second-order valence-corrected chi connectivity index (χ2v) is 3.65. The zero-order valence-electron chi connectivity index (χ0n) is 10.3. The van der Waals surface area contributed by atoms with Gasteiger partial charge in [-0.25, -0.2) is 9.78 Å². The highest BCUT2D eigenvalue weighted by Gasteiger charge is 2.17. The maximum absolute atomic E-state index is 11.4. The second kappa shape index (κ2) is 5.85. The van der Waals surface area contributed by atoms with Gasteiger partial charge < -0.3 is 21.5 Å². The zero-order valence-corrected chi connectivity index (χ0v) is 10.3. The maximum Gasteiger partial charge on any atom is 0.328 e. The van der Waals surface area contributed by atoms with E-state index in [2.05, 4.69) is 10.3 Å². The molecule has 1 heterocycles. The van der Waals surface area contributed by atoms with E-state index in [1.165, 1.54) is 12.3 Å². The number of ether oxygens (including phenoxy) is 1. The van der Waals surface area contributed by atoms with Crippen LogP contribution in [0.2, 0.25) is 0 Å². The van der Waals surface area contributed by atoms with Crippen molar-refractivity contribution < 1.29 is 14.3 Å². The van der Waals surface area contributed by atoms with Crippen LogP contribution >= 0.6 is 0 Å². The molecule has 7 heteroatoms. The minimum Gasteiger partial charge on any atom is -0.464 e. The van der Waals surface area contributed by atoms with Gasteiger partial charge in [-0.2, -0.15) is 0 Å². The second-order valence-electron chi connectivity index (χ2n) is 3.65. The molecule has 0 saturated carbocycles. The quantitative estimate of drug-likeness (QED) is 0.640. The Balaban J connectivity index is 2.90. The van der Waals surface area contributed by atoms with Gasteiger partial charge in [-0.05, 0) is 19.9 Å². The van der Waals surface area contributed by atoms with Crippen LogP contribution in [0.4, 0.5) is 11.5 Å². The Bertz CT molecular complexity index is 462. The van der Waals surface area contributed by atoms with E-state index < -0.39 is 17.9 Å². The molecule has 98 valence electrons. The molecule has 0 fully saturated rings. The van der Waals surface area contributed by atoms with Gasteiger partial charge in [0.2, 0.25) is 0 Å². The Labute approximate surface area is 105 Å². The summed E-state index contributed by atoms with van der Waals surface area (Å²) in [6, 6.07) is 0.759. The van der Waals surface area contributed by atoms with Crippen molar-refractivity contribution in [1.82, 2.24) is 4.98 Å². The van der Waals surface area contributed by atoms with E-state index in [1.54, 1.807) is 13.8 Å². The van der Waals surface area contributed by atoms with E-state index in [-0.39, 0.29) is 18.0 Å². The van der Waals surface area contributed by atoms with Crippen molar-refractivity contribution in [3.8, 4) is 0 Å². The molecular weight excluding hydrogens is 236 g/mol. The third kappa shape index (κ3) is 3.34. The lowest BCUT2D eigenvalue weighted by Gasteiger charge is -2.15. The van der Waals surface area contributed by atoms with Crippen LogP contribution in [-0.4, -0.2) is 29.5 Å². The fourth-order valence-corrected chi connectivity index (χ4v) is 1.32. The van der Waals surface area contributed by atoms with Crippen LogP contribution in [0.3, 0.4) is 0 Å². The molecule has 0 radical (unpaired) electrons. The average molecular weight is 252 g/mol. The van der Waals surface area contributed by atoms with Gasteiger partial charge in [-0.15, -0.1) is 0 Å². The predicted molar refractivity (Wildman–Crippen MR) is 66.9 cm³/mol. The van der Waals surface area contributed by atoms with E-state index in [1.807, 2.05) is 0 Å². The highest BCUT2D eigenvalue weighted by molar-refractivity contribution is 5.98. The molecule has 0 spiro atoms. The van der Waals surface area contributed by atoms with Crippen molar-refractivity contribution >= 4 is 23.4 Å². The standard InChI is InChI=1S/C11H16N4O3/c1-3-18-11(17)6(2)15-10-8(9(13)16)4-7(12)5-14-10/h4-6H,3,12H2,1-2H3,(H2,13,16)(H,14,15). The summed E-state index contributed by atoms with van der Waals surface area (Å²) in [4.78, 5) is 26.6. The van der Waals surface area contributed by atoms with E-state index >= 15 is 0 Å². The van der Waals surface area contributed by atoms with Gasteiger partial charge in [-0.3, -0.25) is 4.79 Å². The number of rotatable bonds is 5. The maximum atomic E-state index is 11.4. The lowest BCUT2D eigenvalue weighted by molar-refractivity contribution is -0.143. The number of nitrogen functional groups attached to an aromatic ring is 1. The molecule has 1 aromatic heterocycles. The Kier molecular flexibility index (Phi) is 4.47. The number of nitrogens with one attached hydrogen (secondary N) is 1. The molecule has 1 atom stereocenters. The monoisotopic (exact) mass is 252 g/mol. The molecule has 0 aliphatic carbocycles. The molecule has 7 nitrogen and oxygen atoms in total. The number of primary amides is 1. The van der Waals surface area contributed by atoms with Crippen LogP contribution in [0, 0.1) is 0 Å². The first-order valence-electron chi connectivity index (χ1n) is 5.44. The zero-order chi connectivity index (χ0) is 13.7. The minimum atomic E-state index is -0.673. The number of aromatic nitrogens is 1. The number of hydrogen-bond acceptors (Lipinski definition) is 6. The van der Waals surface area contributed by atoms with Crippen molar-refractivity contribution in [2.75, 3.05) is 17.7 Å². The van der Waals surface area contributed by atoms with Crippen LogP contribution in [0.15, 0.2) is 12.3 Å². The summed E-state index contributed by atoms with van der Waals surface area (Å²) in [5.74, 6) is -0.905. The number of carbonyl (C=O) groups excluding carboxylic acids is 2. The summed E-state index contributed by atoms with van der Waals surface area (Å²) in [7, 11) is 0. The largest absolute Gasteiger partial charge is 0.464 e. The summed E-state index contributed by atoms with van der Waals surface area (Å²) in [6.07, 6.45) is 1.37. The van der Waals surface area contributed by atoms with Crippen LogP contribution in [0.5, 0.6) is 0 Å². The van der Waals surface area contributed by atoms with Gasteiger partial charge in [0.1, 0.15) is 11.9 Å². The van der Waals surface area contributed by atoms with Crippen molar-refractivity contribution in [3.05, 3.63) is 17.8 Å². The van der Waals surface area contributed by atoms with Gasteiger partial charge in [0.05, 0.1) is 24.1 Å². The third-order valence-electron chi connectivity index (χ3n) is 2.17. The molecular formula is C11H16N4O3. The number of nitrogens with two attached hydrogens (primary N) is 2. The first-order valence-corrected chi connectivity index (χ1v) is 5.44. The first-order chi connectivity index (χ1) is 8.45. The molecule has 0 aliphatic heterocycles. The molecule has 0 aromatic carbocycles. The summed E-state index contributed by atoms with van der Waals surface area (Å²) in [5, 5.41) is 2.76. The molecule has 1 unspecified atom stereocenters. The summed E-state index contributed by atoms with van der Waals surface area (Å²) >= 11 is 0. The highest BCUT2D eigenvalue weighted by atomic mass is 16.5. The van der Waals surface area contributed by atoms with Gasteiger partial charge in [0.25, 0.3) is 5.91 Å². The number of amides is 1. The minimum absolute atomic E-state index is 0.131. The number of anilines is 2. The molecule has 1 aromatic rings. The molecule has 0 bridgehead atoms. The van der Waals surface area contributed by atoms with Crippen LogP contribution in [0.1, 0.15) is 24.2 Å². The number of nitrogens with zero attached hydrogens (tertiary/aromatic N) is 1. The number of esters is 1. The molecule has 18 heavy (non-hydrogen) atoms. The Morgan fingerprint density at radius 2 is 2.22 bits per heavy atom. The van der Waals surface area contributed by atoms with Crippen molar-refractivity contribution in [2.24, 2.45) is 5.73 Å². The van der Waals surface area contributed by atoms with Gasteiger partial charge >= 0.3 is 5.97 Å². The molecule has 1 rings (SSSR count). The first kappa shape index (κ1) is 13.8. The van der Waals surface area contributed by atoms with Crippen LogP contribution in [0.25, 0.3) is 0 Å². The summed E-state index contributed by atoms with van der Waals surface area (Å²) < 4.78 is 4.83. The van der Waals surface area contributed by atoms with Gasteiger partial charge in [0, 0.05) is 0 Å². The Morgan fingerprint density at radius 1 is 1.56 bits per heavy atom. The van der Waals surface area contributed by atoms with Crippen LogP contribution < -0.4 is 16.8 Å². The smallest absolute Gasteiger partial charge is 0.328 e. The Hall–Kier alpha value is -2.31. The van der Waals surface area contributed by atoms with Crippen molar-refractivity contribution in [1.29, 1.82) is 0 Å². The number of carbonyl (C=O) groups is 2. The summed E-state index contributed by atoms with van der Waals surface area (Å²) in [6.45, 7) is 3.59. The topological polar surface area (TPSA) is 120 Å².